The van der Waals surface area contributed by atoms with Crippen molar-refractivity contribution >= 4 is 21.8 Å². The predicted molar refractivity (Wildman–Crippen MR) is 52.3 cm³/mol. The monoisotopic (exact) mass is 237 g/mol. The molecule has 0 saturated heterocycles. The number of carbonyl (C=O) groups is 1. The van der Waals surface area contributed by atoms with E-state index in [1.54, 1.807) is 13.8 Å². The maximum absolute atomic E-state index is 11.1. The van der Waals surface area contributed by atoms with Crippen molar-refractivity contribution in [2.24, 2.45) is 0 Å². The molecule has 12 heavy (non-hydrogen) atoms. The number of hydrogen-bond donors (Lipinski definition) is 2. The van der Waals surface area contributed by atoms with Gasteiger partial charge in [-0.1, -0.05) is 15.9 Å². The zero-order valence-electron chi connectivity index (χ0n) is 7.67. The first-order valence-electron chi connectivity index (χ1n) is 4.06. The van der Waals surface area contributed by atoms with E-state index in [0.29, 0.717) is 6.42 Å². The molecule has 0 rings (SSSR count). The van der Waals surface area contributed by atoms with Gasteiger partial charge in [0.25, 0.3) is 0 Å². The SMILES string of the molecule is CC(O)CC(C)NC(=O)C(C)Br. The van der Waals surface area contributed by atoms with E-state index in [1.807, 2.05) is 6.92 Å². The van der Waals surface area contributed by atoms with Crippen molar-refractivity contribution in [3.05, 3.63) is 0 Å². The summed E-state index contributed by atoms with van der Waals surface area (Å²) in [5.41, 5.74) is 0. The summed E-state index contributed by atoms with van der Waals surface area (Å²) in [7, 11) is 0. The van der Waals surface area contributed by atoms with E-state index < -0.39 is 0 Å². The van der Waals surface area contributed by atoms with Gasteiger partial charge in [0.2, 0.25) is 5.91 Å². The quantitative estimate of drug-likeness (QED) is 0.719. The highest BCUT2D eigenvalue weighted by atomic mass is 79.9. The van der Waals surface area contributed by atoms with Crippen LogP contribution in [0.15, 0.2) is 0 Å². The van der Waals surface area contributed by atoms with Crippen LogP contribution in [0.5, 0.6) is 0 Å². The van der Waals surface area contributed by atoms with Crippen LogP contribution in [0.2, 0.25) is 0 Å². The van der Waals surface area contributed by atoms with Gasteiger partial charge in [0.15, 0.2) is 0 Å². The average Bonchev–Trinajstić information content (AvgIpc) is 1.84. The molecular formula is C8H16BrNO2. The van der Waals surface area contributed by atoms with Crippen LogP contribution in [0, 0.1) is 0 Å². The average molecular weight is 238 g/mol. The van der Waals surface area contributed by atoms with Crippen molar-refractivity contribution in [3.63, 3.8) is 0 Å². The molecule has 0 spiro atoms. The number of amides is 1. The summed E-state index contributed by atoms with van der Waals surface area (Å²) in [5.74, 6) is -0.0387. The molecule has 3 nitrogen and oxygen atoms in total. The minimum Gasteiger partial charge on any atom is -0.393 e. The largest absolute Gasteiger partial charge is 0.393 e. The molecule has 0 heterocycles. The molecule has 4 heteroatoms. The van der Waals surface area contributed by atoms with E-state index >= 15 is 0 Å². The Kier molecular flexibility index (Phi) is 5.50. The maximum atomic E-state index is 11.1. The summed E-state index contributed by atoms with van der Waals surface area (Å²) >= 11 is 3.16. The first kappa shape index (κ1) is 11.9. The van der Waals surface area contributed by atoms with E-state index in [-0.39, 0.29) is 22.9 Å². The Bertz CT molecular complexity index is 148. The van der Waals surface area contributed by atoms with Gasteiger partial charge in [0, 0.05) is 6.04 Å². The molecule has 0 aromatic heterocycles. The summed E-state index contributed by atoms with van der Waals surface area (Å²) in [6, 6.07) is 0.0255. The van der Waals surface area contributed by atoms with Gasteiger partial charge in [-0.25, -0.2) is 0 Å². The molecule has 0 aromatic rings. The lowest BCUT2D eigenvalue weighted by molar-refractivity contribution is -0.120. The van der Waals surface area contributed by atoms with Crippen LogP contribution >= 0.6 is 15.9 Å². The van der Waals surface area contributed by atoms with Crippen molar-refractivity contribution in [1.82, 2.24) is 5.32 Å². The number of hydrogen-bond acceptors (Lipinski definition) is 2. The van der Waals surface area contributed by atoms with Gasteiger partial charge in [0.05, 0.1) is 10.9 Å². The molecule has 0 radical (unpaired) electrons. The summed E-state index contributed by atoms with van der Waals surface area (Å²) < 4.78 is 0. The summed E-state index contributed by atoms with van der Waals surface area (Å²) in [6.07, 6.45) is 0.219. The smallest absolute Gasteiger partial charge is 0.233 e. The zero-order chi connectivity index (χ0) is 9.72. The highest BCUT2D eigenvalue weighted by molar-refractivity contribution is 9.10. The van der Waals surface area contributed by atoms with Crippen LogP contribution in [0.1, 0.15) is 27.2 Å². The van der Waals surface area contributed by atoms with Crippen LogP contribution < -0.4 is 5.32 Å². The second kappa shape index (κ2) is 5.54. The molecule has 3 atom stereocenters. The van der Waals surface area contributed by atoms with Crippen molar-refractivity contribution in [1.29, 1.82) is 0 Å². The van der Waals surface area contributed by atoms with Gasteiger partial charge < -0.3 is 10.4 Å². The third-order valence-electron chi connectivity index (χ3n) is 1.44. The Morgan fingerprint density at radius 2 is 2.00 bits per heavy atom. The minimum absolute atomic E-state index is 0.0255. The van der Waals surface area contributed by atoms with Gasteiger partial charge >= 0.3 is 0 Å². The molecule has 3 unspecified atom stereocenters. The molecule has 0 saturated carbocycles. The van der Waals surface area contributed by atoms with Crippen molar-refractivity contribution in [3.8, 4) is 0 Å². The fraction of sp³-hybridized carbons (Fsp3) is 0.875. The Morgan fingerprint density at radius 1 is 1.50 bits per heavy atom. The van der Waals surface area contributed by atoms with Crippen molar-refractivity contribution in [2.45, 2.75) is 44.2 Å². The normalized spacial score (nSPS) is 18.1. The number of alkyl halides is 1. The maximum Gasteiger partial charge on any atom is 0.233 e. The molecule has 2 N–H and O–H groups in total. The number of halogens is 1. The molecule has 0 aliphatic rings. The summed E-state index contributed by atoms with van der Waals surface area (Å²) in [5, 5.41) is 11.8. The Hall–Kier alpha value is -0.0900. The molecular weight excluding hydrogens is 222 g/mol. The van der Waals surface area contributed by atoms with E-state index in [9.17, 15) is 4.79 Å². The molecule has 1 amide bonds. The minimum atomic E-state index is -0.370. The number of nitrogens with one attached hydrogen (secondary N) is 1. The highest BCUT2D eigenvalue weighted by Gasteiger charge is 2.12. The molecule has 0 bridgehead atoms. The number of aliphatic hydroxyl groups excluding tert-OH is 1. The number of aliphatic hydroxyl groups is 1. The molecule has 72 valence electrons. The van der Waals surface area contributed by atoms with Crippen molar-refractivity contribution in [2.75, 3.05) is 0 Å². The van der Waals surface area contributed by atoms with Crippen molar-refractivity contribution < 1.29 is 9.90 Å². The van der Waals surface area contributed by atoms with Gasteiger partial charge in [-0.2, -0.15) is 0 Å². The predicted octanol–water partition coefficient (Wildman–Crippen LogP) is 1.05. The first-order valence-corrected chi connectivity index (χ1v) is 4.97. The fourth-order valence-electron chi connectivity index (χ4n) is 0.928. The third kappa shape index (κ3) is 5.55. The van der Waals surface area contributed by atoms with E-state index in [1.165, 1.54) is 0 Å². The van der Waals surface area contributed by atoms with Gasteiger partial charge in [0.1, 0.15) is 0 Å². The van der Waals surface area contributed by atoms with E-state index in [2.05, 4.69) is 21.2 Å². The van der Waals surface area contributed by atoms with Crippen LogP contribution in [-0.2, 0) is 4.79 Å². The van der Waals surface area contributed by atoms with Gasteiger partial charge in [-0.15, -0.1) is 0 Å². The van der Waals surface area contributed by atoms with Crippen LogP contribution in [0.3, 0.4) is 0 Å². The fourth-order valence-corrected chi connectivity index (χ4v) is 1.06. The van der Waals surface area contributed by atoms with Crippen LogP contribution in [0.4, 0.5) is 0 Å². The lowest BCUT2D eigenvalue weighted by atomic mass is 10.1. The van der Waals surface area contributed by atoms with Crippen LogP contribution in [-0.4, -0.2) is 28.0 Å². The van der Waals surface area contributed by atoms with E-state index in [4.69, 9.17) is 5.11 Å². The van der Waals surface area contributed by atoms with Crippen LogP contribution in [0.25, 0.3) is 0 Å². The second-order valence-corrected chi connectivity index (χ2v) is 4.48. The molecule has 0 aromatic carbocycles. The lowest BCUT2D eigenvalue weighted by Gasteiger charge is -2.16. The molecule has 0 aliphatic carbocycles. The van der Waals surface area contributed by atoms with Gasteiger partial charge in [-0.3, -0.25) is 4.79 Å². The topological polar surface area (TPSA) is 49.3 Å². The summed E-state index contributed by atoms with van der Waals surface area (Å²) in [6.45, 7) is 5.35. The van der Waals surface area contributed by atoms with E-state index in [0.717, 1.165) is 0 Å². The lowest BCUT2D eigenvalue weighted by Crippen LogP contribution is -2.38. The third-order valence-corrected chi connectivity index (χ3v) is 1.86. The molecule has 0 fully saturated rings. The van der Waals surface area contributed by atoms with Gasteiger partial charge in [-0.05, 0) is 27.2 Å². The molecule has 0 aliphatic heterocycles. The highest BCUT2D eigenvalue weighted by Crippen LogP contribution is 2.00. The second-order valence-electron chi connectivity index (χ2n) is 3.11. The Labute approximate surface area is 81.7 Å². The zero-order valence-corrected chi connectivity index (χ0v) is 9.26. The Balaban J connectivity index is 3.69. The number of carbonyl (C=O) groups excluding carboxylic acids is 1. The standard InChI is InChI=1S/C8H16BrNO2/c1-5(4-6(2)11)10-8(12)7(3)9/h5-7,11H,4H2,1-3H3,(H,10,12). The summed E-state index contributed by atoms with van der Waals surface area (Å²) in [4.78, 5) is 10.9. The number of rotatable bonds is 4. The first-order chi connectivity index (χ1) is 5.43. The Morgan fingerprint density at radius 3 is 2.33 bits per heavy atom.